The van der Waals surface area contributed by atoms with E-state index in [1.54, 1.807) is 42.7 Å². The second-order valence-electron chi connectivity index (χ2n) is 10.2. The van der Waals surface area contributed by atoms with Crippen molar-refractivity contribution < 1.29 is 17.6 Å². The molecule has 7 nitrogen and oxygen atoms in total. The first-order valence-corrected chi connectivity index (χ1v) is 15.2. The molecule has 1 amide bonds. The molecule has 4 rings (SSSR count). The van der Waals surface area contributed by atoms with Gasteiger partial charge in [0.2, 0.25) is 5.91 Å². The molecule has 0 unspecified atom stereocenters. The highest BCUT2D eigenvalue weighted by Gasteiger charge is 2.26. The molecule has 0 aliphatic heterocycles. The molecule has 0 saturated carbocycles. The third-order valence-corrected chi connectivity index (χ3v) is 9.22. The van der Waals surface area contributed by atoms with Gasteiger partial charge >= 0.3 is 0 Å². The van der Waals surface area contributed by atoms with Crippen LogP contribution in [0, 0.1) is 11.7 Å². The van der Waals surface area contributed by atoms with Crippen molar-refractivity contribution in [2.45, 2.75) is 63.6 Å². The predicted octanol–water partition coefficient (Wildman–Crippen LogP) is 5.95. The maximum absolute atomic E-state index is 15.3. The number of carbonyl (C=O) groups excluding carboxylic acids is 1. The van der Waals surface area contributed by atoms with Gasteiger partial charge < -0.3 is 4.57 Å². The number of nitrogens with one attached hydrogen (secondary N) is 1. The van der Waals surface area contributed by atoms with Gasteiger partial charge in [0.15, 0.2) is 0 Å². The van der Waals surface area contributed by atoms with Gasteiger partial charge in [-0.2, -0.15) is 0 Å². The minimum atomic E-state index is -4.17. The van der Waals surface area contributed by atoms with E-state index in [1.807, 2.05) is 44.5 Å². The SMILES string of the molecule is CC(C)Cc1cc(-c2ccc(Cn3ccnc3C(C)C)c(F)c2)c(S(=O)(=O)NC(=O)CCc2ccccn2)s1. The molecule has 0 atom stereocenters. The van der Waals surface area contributed by atoms with Crippen molar-refractivity contribution in [2.24, 2.45) is 5.92 Å². The number of aromatic nitrogens is 3. The van der Waals surface area contributed by atoms with Crippen LogP contribution in [-0.4, -0.2) is 28.9 Å². The van der Waals surface area contributed by atoms with Gasteiger partial charge in [0, 0.05) is 52.6 Å². The predicted molar refractivity (Wildman–Crippen MR) is 152 cm³/mol. The minimum absolute atomic E-state index is 0.00758. The fraction of sp³-hybridized carbons (Fsp3) is 0.345. The summed E-state index contributed by atoms with van der Waals surface area (Å²) in [4.78, 5) is 22.0. The van der Waals surface area contributed by atoms with Gasteiger partial charge in [-0.25, -0.2) is 22.5 Å². The molecule has 0 aliphatic rings. The first-order chi connectivity index (χ1) is 18.5. The molecule has 0 fully saturated rings. The number of aryl methyl sites for hydroxylation is 1. The Morgan fingerprint density at radius 1 is 1.08 bits per heavy atom. The van der Waals surface area contributed by atoms with Gasteiger partial charge in [-0.3, -0.25) is 9.78 Å². The average Bonchev–Trinajstić information content (AvgIpc) is 3.52. The molecule has 10 heteroatoms. The quantitative estimate of drug-likeness (QED) is 0.241. The number of imidazole rings is 1. The summed E-state index contributed by atoms with van der Waals surface area (Å²) in [7, 11) is -4.17. The summed E-state index contributed by atoms with van der Waals surface area (Å²) in [6.07, 6.45) is 6.11. The molecule has 1 N–H and O–H groups in total. The molecule has 39 heavy (non-hydrogen) atoms. The van der Waals surface area contributed by atoms with Crippen LogP contribution in [-0.2, 0) is 34.2 Å². The lowest BCUT2D eigenvalue weighted by atomic mass is 10.0. The van der Waals surface area contributed by atoms with Crippen LogP contribution >= 0.6 is 11.3 Å². The number of nitrogens with zero attached hydrogens (tertiary/aromatic N) is 3. The average molecular weight is 569 g/mol. The van der Waals surface area contributed by atoms with Crippen LogP contribution in [0.2, 0.25) is 0 Å². The Kier molecular flexibility index (Phi) is 8.97. The topological polar surface area (TPSA) is 94.0 Å². The summed E-state index contributed by atoms with van der Waals surface area (Å²) in [5, 5.41) is 0. The molecule has 0 spiro atoms. The molecule has 0 saturated heterocycles. The van der Waals surface area contributed by atoms with Gasteiger partial charge in [0.05, 0.1) is 6.54 Å². The number of hydrogen-bond donors (Lipinski definition) is 1. The van der Waals surface area contributed by atoms with Crippen LogP contribution in [0.3, 0.4) is 0 Å². The van der Waals surface area contributed by atoms with Crippen molar-refractivity contribution in [1.82, 2.24) is 19.3 Å². The van der Waals surface area contributed by atoms with E-state index in [-0.39, 0.29) is 16.5 Å². The van der Waals surface area contributed by atoms with Crippen LogP contribution in [0.4, 0.5) is 4.39 Å². The molecule has 0 bridgehead atoms. The van der Waals surface area contributed by atoms with Crippen molar-refractivity contribution in [1.29, 1.82) is 0 Å². The first-order valence-electron chi connectivity index (χ1n) is 12.9. The fourth-order valence-corrected chi connectivity index (χ4v) is 7.31. The zero-order valence-electron chi connectivity index (χ0n) is 22.5. The van der Waals surface area contributed by atoms with Gasteiger partial charge in [-0.15, -0.1) is 11.3 Å². The van der Waals surface area contributed by atoms with E-state index in [0.717, 1.165) is 22.0 Å². The summed E-state index contributed by atoms with van der Waals surface area (Å²) >= 11 is 1.12. The Morgan fingerprint density at radius 3 is 2.54 bits per heavy atom. The number of sulfonamides is 1. The van der Waals surface area contributed by atoms with Gasteiger partial charge in [-0.1, -0.05) is 45.9 Å². The lowest BCUT2D eigenvalue weighted by Gasteiger charge is -2.12. The highest BCUT2D eigenvalue weighted by atomic mass is 32.2. The Bertz CT molecular complexity index is 1540. The lowest BCUT2D eigenvalue weighted by Crippen LogP contribution is -2.30. The van der Waals surface area contributed by atoms with E-state index in [0.29, 0.717) is 47.7 Å². The number of hydrogen-bond acceptors (Lipinski definition) is 6. The number of benzene rings is 1. The van der Waals surface area contributed by atoms with Crippen molar-refractivity contribution in [2.75, 3.05) is 0 Å². The summed E-state index contributed by atoms with van der Waals surface area (Å²) < 4.78 is 46.2. The van der Waals surface area contributed by atoms with E-state index in [2.05, 4.69) is 14.7 Å². The van der Waals surface area contributed by atoms with Crippen LogP contribution in [0.15, 0.2) is 65.3 Å². The Balaban J connectivity index is 1.60. The number of carbonyl (C=O) groups is 1. The normalized spacial score (nSPS) is 11.9. The molecule has 3 heterocycles. The number of thiophene rings is 1. The van der Waals surface area contributed by atoms with Crippen molar-refractivity contribution in [3.63, 3.8) is 0 Å². The summed E-state index contributed by atoms with van der Waals surface area (Å²) in [6, 6.07) is 11.9. The summed E-state index contributed by atoms with van der Waals surface area (Å²) in [5.41, 5.74) is 2.01. The van der Waals surface area contributed by atoms with Gasteiger partial charge in [0.25, 0.3) is 10.0 Å². The van der Waals surface area contributed by atoms with E-state index in [9.17, 15) is 13.2 Å². The second-order valence-corrected chi connectivity index (χ2v) is 13.3. The molecular weight excluding hydrogens is 535 g/mol. The van der Waals surface area contributed by atoms with E-state index in [4.69, 9.17) is 0 Å². The van der Waals surface area contributed by atoms with Crippen LogP contribution in [0.25, 0.3) is 11.1 Å². The molecular formula is C29H33FN4O3S2. The third kappa shape index (κ3) is 7.19. The number of amides is 1. The largest absolute Gasteiger partial charge is 0.330 e. The molecule has 206 valence electrons. The van der Waals surface area contributed by atoms with Crippen LogP contribution < -0.4 is 4.72 Å². The maximum atomic E-state index is 15.3. The standard InChI is InChI=1S/C29H33FN4O3S2/c1-19(2)15-24-17-25(21-8-9-22(26(30)16-21)18-34-14-13-32-28(34)20(3)4)29(38-24)39(36,37)33-27(35)11-10-23-7-5-6-12-31-23/h5-9,12-14,16-17,19-20H,10-11,15,18H2,1-4H3,(H,33,35). The van der Waals surface area contributed by atoms with E-state index in [1.165, 1.54) is 6.07 Å². The Hall–Kier alpha value is -3.37. The fourth-order valence-electron chi connectivity index (χ4n) is 4.34. The zero-order valence-corrected chi connectivity index (χ0v) is 24.2. The third-order valence-electron chi connectivity index (χ3n) is 6.15. The summed E-state index contributed by atoms with van der Waals surface area (Å²) in [6.45, 7) is 8.47. The van der Waals surface area contributed by atoms with Gasteiger partial charge in [0.1, 0.15) is 15.9 Å². The number of halogens is 1. The number of rotatable bonds is 11. The lowest BCUT2D eigenvalue weighted by molar-refractivity contribution is -0.119. The first kappa shape index (κ1) is 28.6. The monoisotopic (exact) mass is 568 g/mol. The van der Waals surface area contributed by atoms with E-state index < -0.39 is 21.7 Å². The molecule has 0 radical (unpaired) electrons. The highest BCUT2D eigenvalue weighted by molar-refractivity contribution is 7.92. The summed E-state index contributed by atoms with van der Waals surface area (Å²) in [5.74, 6) is 0.300. The second kappa shape index (κ2) is 12.2. The van der Waals surface area contributed by atoms with Crippen LogP contribution in [0.5, 0.6) is 0 Å². The highest BCUT2D eigenvalue weighted by Crippen LogP contribution is 2.37. The molecule has 1 aromatic carbocycles. The zero-order chi connectivity index (χ0) is 28.2. The van der Waals surface area contributed by atoms with Gasteiger partial charge in [-0.05, 0) is 48.6 Å². The maximum Gasteiger partial charge on any atom is 0.274 e. The van der Waals surface area contributed by atoms with Crippen molar-refractivity contribution in [3.8, 4) is 11.1 Å². The Morgan fingerprint density at radius 2 is 1.87 bits per heavy atom. The van der Waals surface area contributed by atoms with Crippen molar-refractivity contribution >= 4 is 27.3 Å². The minimum Gasteiger partial charge on any atom is -0.330 e. The Labute approximate surface area is 233 Å². The van der Waals surface area contributed by atoms with Crippen LogP contribution in [0.1, 0.15) is 62.0 Å². The smallest absolute Gasteiger partial charge is 0.274 e. The molecule has 4 aromatic rings. The molecule has 0 aliphatic carbocycles. The van der Waals surface area contributed by atoms with Crippen molar-refractivity contribution in [3.05, 3.63) is 88.8 Å². The molecule has 3 aromatic heterocycles. The number of pyridine rings is 1. The van der Waals surface area contributed by atoms with E-state index >= 15 is 4.39 Å².